The van der Waals surface area contributed by atoms with E-state index in [-0.39, 0.29) is 5.91 Å². The summed E-state index contributed by atoms with van der Waals surface area (Å²) >= 11 is 1.45. The van der Waals surface area contributed by atoms with E-state index in [1.54, 1.807) is 12.4 Å². The van der Waals surface area contributed by atoms with Crippen LogP contribution in [0.3, 0.4) is 0 Å². The lowest BCUT2D eigenvalue weighted by atomic mass is 10.0. The lowest BCUT2D eigenvalue weighted by Crippen LogP contribution is -2.12. The predicted octanol–water partition coefficient (Wildman–Crippen LogP) is 4.90. The van der Waals surface area contributed by atoms with Gasteiger partial charge >= 0.3 is 0 Å². The highest BCUT2D eigenvalue weighted by atomic mass is 32.1. The van der Waals surface area contributed by atoms with Gasteiger partial charge in [0.05, 0.1) is 5.69 Å². The van der Waals surface area contributed by atoms with Crippen LogP contribution in [0, 0.1) is 0 Å². The summed E-state index contributed by atoms with van der Waals surface area (Å²) in [6.45, 7) is 4.36. The average molecular weight is 351 g/mol. The van der Waals surface area contributed by atoms with Crippen molar-refractivity contribution < 1.29 is 4.79 Å². The van der Waals surface area contributed by atoms with Crippen LogP contribution in [0.2, 0.25) is 0 Å². The van der Waals surface area contributed by atoms with E-state index in [1.165, 1.54) is 16.9 Å². The third-order valence-corrected chi connectivity index (χ3v) is 4.74. The van der Waals surface area contributed by atoms with Gasteiger partial charge in [-0.3, -0.25) is 9.78 Å². The Bertz CT molecular complexity index is 826. The van der Waals surface area contributed by atoms with Crippen LogP contribution in [0.5, 0.6) is 0 Å². The summed E-state index contributed by atoms with van der Waals surface area (Å²) in [6, 6.07) is 12.3. The molecule has 128 valence electrons. The fraction of sp³-hybridized carbons (Fsp3) is 0.250. The van der Waals surface area contributed by atoms with Gasteiger partial charge in [-0.2, -0.15) is 0 Å². The molecule has 0 aliphatic rings. The van der Waals surface area contributed by atoms with Gasteiger partial charge in [0.15, 0.2) is 5.13 Å². The molecule has 3 rings (SSSR count). The number of amides is 1. The van der Waals surface area contributed by atoms with Crippen LogP contribution in [-0.4, -0.2) is 15.9 Å². The van der Waals surface area contributed by atoms with Crippen LogP contribution in [0.25, 0.3) is 11.3 Å². The molecule has 3 aromatic rings. The molecule has 0 aliphatic carbocycles. The van der Waals surface area contributed by atoms with Crippen molar-refractivity contribution >= 4 is 22.4 Å². The molecular weight excluding hydrogens is 330 g/mol. The summed E-state index contributed by atoms with van der Waals surface area (Å²) in [5.74, 6) is 0.485. The molecule has 1 amide bonds. The predicted molar refractivity (Wildman–Crippen MR) is 103 cm³/mol. The van der Waals surface area contributed by atoms with Crippen molar-refractivity contribution in [3.05, 3.63) is 65.3 Å². The third kappa shape index (κ3) is 4.73. The lowest BCUT2D eigenvalue weighted by molar-refractivity contribution is -0.116. The van der Waals surface area contributed by atoms with Gasteiger partial charge < -0.3 is 5.32 Å². The maximum atomic E-state index is 12.1. The zero-order chi connectivity index (χ0) is 17.6. The molecule has 0 spiro atoms. The van der Waals surface area contributed by atoms with Crippen LogP contribution >= 0.6 is 11.3 Å². The molecule has 0 fully saturated rings. The second-order valence-electron chi connectivity index (χ2n) is 6.22. The molecule has 1 N–H and O–H groups in total. The first-order valence-electron chi connectivity index (χ1n) is 8.36. The normalized spacial score (nSPS) is 10.8. The zero-order valence-electron chi connectivity index (χ0n) is 14.4. The Morgan fingerprint density at radius 2 is 2.00 bits per heavy atom. The smallest absolute Gasteiger partial charge is 0.226 e. The van der Waals surface area contributed by atoms with Crippen LogP contribution in [-0.2, 0) is 11.2 Å². The number of carbonyl (C=O) groups is 1. The van der Waals surface area contributed by atoms with Gasteiger partial charge in [-0.1, -0.05) is 44.2 Å². The van der Waals surface area contributed by atoms with Crippen molar-refractivity contribution in [1.82, 2.24) is 9.97 Å². The molecule has 1 aromatic carbocycles. The quantitative estimate of drug-likeness (QED) is 0.687. The summed E-state index contributed by atoms with van der Waals surface area (Å²) < 4.78 is 0. The second-order valence-corrected chi connectivity index (χ2v) is 7.08. The van der Waals surface area contributed by atoms with Crippen LogP contribution in [0.1, 0.15) is 37.3 Å². The van der Waals surface area contributed by atoms with Crippen LogP contribution in [0.4, 0.5) is 5.13 Å². The molecule has 0 unspecified atom stereocenters. The fourth-order valence-corrected chi connectivity index (χ4v) is 3.22. The monoisotopic (exact) mass is 351 g/mol. The molecule has 5 heteroatoms. The maximum absolute atomic E-state index is 12.1. The van der Waals surface area contributed by atoms with Crippen molar-refractivity contribution in [2.75, 3.05) is 5.32 Å². The lowest BCUT2D eigenvalue weighted by Gasteiger charge is -2.05. The molecule has 0 saturated carbocycles. The van der Waals surface area contributed by atoms with Gasteiger partial charge in [0.25, 0.3) is 0 Å². The largest absolute Gasteiger partial charge is 0.302 e. The highest BCUT2D eigenvalue weighted by molar-refractivity contribution is 7.14. The minimum atomic E-state index is -0.0279. The molecule has 0 bridgehead atoms. The van der Waals surface area contributed by atoms with Crippen molar-refractivity contribution in [3.8, 4) is 11.3 Å². The Kier molecular flexibility index (Phi) is 5.56. The van der Waals surface area contributed by atoms with Gasteiger partial charge in [0.2, 0.25) is 5.91 Å². The standard InChI is InChI=1S/C20H21N3OS/c1-14(2)16-6-8-17(9-7-16)18-13-25-20(22-18)23-19(24)10-5-15-4-3-11-21-12-15/h3-4,6-9,11-14H,5,10H2,1-2H3,(H,22,23,24). The fourth-order valence-electron chi connectivity index (χ4n) is 2.49. The van der Waals surface area contributed by atoms with Gasteiger partial charge in [-0.05, 0) is 29.5 Å². The Morgan fingerprint density at radius 3 is 2.68 bits per heavy atom. The third-order valence-electron chi connectivity index (χ3n) is 3.99. The number of benzene rings is 1. The Balaban J connectivity index is 1.58. The van der Waals surface area contributed by atoms with Crippen LogP contribution in [0.15, 0.2) is 54.2 Å². The van der Waals surface area contributed by atoms with E-state index < -0.39 is 0 Å². The van der Waals surface area contributed by atoms with Crippen molar-refractivity contribution in [2.24, 2.45) is 0 Å². The van der Waals surface area contributed by atoms with Crippen molar-refractivity contribution in [1.29, 1.82) is 0 Å². The molecule has 0 saturated heterocycles. The maximum Gasteiger partial charge on any atom is 0.226 e. The molecule has 0 aliphatic heterocycles. The number of rotatable bonds is 6. The molecule has 2 heterocycles. The molecule has 4 nitrogen and oxygen atoms in total. The Labute approximate surface area is 152 Å². The number of aryl methyl sites for hydroxylation is 1. The van der Waals surface area contributed by atoms with E-state index in [2.05, 4.69) is 53.4 Å². The first-order valence-corrected chi connectivity index (χ1v) is 9.24. The first kappa shape index (κ1) is 17.3. The Hall–Kier alpha value is -2.53. The molecule has 0 atom stereocenters. The summed E-state index contributed by atoms with van der Waals surface area (Å²) in [4.78, 5) is 20.7. The number of carbonyl (C=O) groups excluding carboxylic acids is 1. The summed E-state index contributed by atoms with van der Waals surface area (Å²) in [5.41, 5.74) is 4.32. The van der Waals surface area contributed by atoms with E-state index in [1.807, 2.05) is 17.5 Å². The van der Waals surface area contributed by atoms with Gasteiger partial charge in [-0.25, -0.2) is 4.98 Å². The highest BCUT2D eigenvalue weighted by Crippen LogP contribution is 2.26. The van der Waals surface area contributed by atoms with Crippen molar-refractivity contribution in [3.63, 3.8) is 0 Å². The number of nitrogens with zero attached hydrogens (tertiary/aromatic N) is 2. The summed E-state index contributed by atoms with van der Waals surface area (Å²) in [5, 5.41) is 5.49. The first-order chi connectivity index (χ1) is 12.1. The van der Waals surface area contributed by atoms with Gasteiger partial charge in [0, 0.05) is 29.8 Å². The number of aromatic nitrogens is 2. The van der Waals surface area contributed by atoms with E-state index in [0.29, 0.717) is 23.9 Å². The molecule has 0 radical (unpaired) electrons. The van der Waals surface area contributed by atoms with Gasteiger partial charge in [-0.15, -0.1) is 11.3 Å². The highest BCUT2D eigenvalue weighted by Gasteiger charge is 2.09. The molecule has 25 heavy (non-hydrogen) atoms. The molecular formula is C20H21N3OS. The number of thiazole rings is 1. The van der Waals surface area contributed by atoms with E-state index in [0.717, 1.165) is 16.8 Å². The molecule has 2 aromatic heterocycles. The SMILES string of the molecule is CC(C)c1ccc(-c2csc(NC(=O)CCc3cccnc3)n2)cc1. The van der Waals surface area contributed by atoms with Crippen molar-refractivity contribution in [2.45, 2.75) is 32.6 Å². The number of pyridine rings is 1. The summed E-state index contributed by atoms with van der Waals surface area (Å²) in [7, 11) is 0. The average Bonchev–Trinajstić information content (AvgIpc) is 3.09. The number of hydrogen-bond acceptors (Lipinski definition) is 4. The zero-order valence-corrected chi connectivity index (χ0v) is 15.2. The van der Waals surface area contributed by atoms with E-state index in [9.17, 15) is 4.79 Å². The number of nitrogens with one attached hydrogen (secondary N) is 1. The Morgan fingerprint density at radius 1 is 1.20 bits per heavy atom. The van der Waals surface area contributed by atoms with E-state index in [4.69, 9.17) is 0 Å². The minimum Gasteiger partial charge on any atom is -0.302 e. The number of hydrogen-bond donors (Lipinski definition) is 1. The second kappa shape index (κ2) is 8.03. The van der Waals surface area contributed by atoms with Crippen LogP contribution < -0.4 is 5.32 Å². The van der Waals surface area contributed by atoms with E-state index >= 15 is 0 Å². The topological polar surface area (TPSA) is 54.9 Å². The minimum absolute atomic E-state index is 0.0279. The van der Waals surface area contributed by atoms with Gasteiger partial charge in [0.1, 0.15) is 0 Å². The number of anilines is 1. The summed E-state index contributed by atoms with van der Waals surface area (Å²) in [6.07, 6.45) is 4.61.